The molecule has 2 heteroatoms. The van der Waals surface area contributed by atoms with E-state index in [1.165, 1.54) is 44.9 Å². The Hall–Kier alpha value is 0.440. The van der Waals surface area contributed by atoms with E-state index < -0.39 is 0 Å². The summed E-state index contributed by atoms with van der Waals surface area (Å²) in [6.07, 6.45) is 9.35. The van der Waals surface area contributed by atoms with Crippen LogP contribution in [0.5, 0.6) is 0 Å². The van der Waals surface area contributed by atoms with Gasteiger partial charge in [-0.15, -0.1) is 0 Å². The average molecular weight is 263 g/mol. The summed E-state index contributed by atoms with van der Waals surface area (Å²) in [5.74, 6) is 0. The highest BCUT2D eigenvalue weighted by atomic mass is 79.9. The molecule has 0 aromatic heterocycles. The van der Waals surface area contributed by atoms with Crippen molar-refractivity contribution in [2.45, 2.75) is 51.9 Å². The zero-order valence-corrected chi connectivity index (χ0v) is 10.9. The lowest BCUT2D eigenvalue weighted by Crippen LogP contribution is -2.31. The van der Waals surface area contributed by atoms with Crippen molar-refractivity contribution < 1.29 is 4.74 Å². The molecule has 0 unspecified atom stereocenters. The number of unbranched alkanes of at least 4 members (excludes halogenated alkanes) is 1. The quantitative estimate of drug-likeness (QED) is 0.516. The first-order valence-electron chi connectivity index (χ1n) is 5.97. The first kappa shape index (κ1) is 12.5. The summed E-state index contributed by atoms with van der Waals surface area (Å²) in [4.78, 5) is 0. The van der Waals surface area contributed by atoms with E-state index in [0.717, 1.165) is 18.5 Å². The van der Waals surface area contributed by atoms with Crippen LogP contribution in [0.25, 0.3) is 0 Å². The highest BCUT2D eigenvalue weighted by Crippen LogP contribution is 2.38. The third-order valence-corrected chi connectivity index (χ3v) is 4.44. The van der Waals surface area contributed by atoms with E-state index in [0.29, 0.717) is 5.41 Å². The molecule has 0 radical (unpaired) electrons. The normalized spacial score (nSPS) is 21.0. The molecule has 0 bridgehead atoms. The minimum absolute atomic E-state index is 0.464. The molecule has 0 spiro atoms. The standard InChI is InChI=1S/C12H23BrO/c1-2-3-9-14-11-12(10-13)7-5-4-6-8-12/h2-11H2,1H3. The maximum absolute atomic E-state index is 5.78. The minimum Gasteiger partial charge on any atom is -0.381 e. The van der Waals surface area contributed by atoms with E-state index in [9.17, 15) is 0 Å². The highest BCUT2D eigenvalue weighted by molar-refractivity contribution is 9.09. The van der Waals surface area contributed by atoms with Crippen molar-refractivity contribution in [3.8, 4) is 0 Å². The minimum atomic E-state index is 0.464. The van der Waals surface area contributed by atoms with Crippen LogP contribution in [0.15, 0.2) is 0 Å². The predicted molar refractivity (Wildman–Crippen MR) is 65.0 cm³/mol. The molecule has 1 nitrogen and oxygen atoms in total. The Kier molecular flexibility index (Phi) is 6.11. The van der Waals surface area contributed by atoms with Gasteiger partial charge in [-0.25, -0.2) is 0 Å². The molecule has 0 N–H and O–H groups in total. The van der Waals surface area contributed by atoms with Gasteiger partial charge in [-0.05, 0) is 19.3 Å². The van der Waals surface area contributed by atoms with E-state index in [-0.39, 0.29) is 0 Å². The van der Waals surface area contributed by atoms with Crippen LogP contribution in [0.3, 0.4) is 0 Å². The Morgan fingerprint density at radius 3 is 2.50 bits per heavy atom. The van der Waals surface area contributed by atoms with E-state index in [1.807, 2.05) is 0 Å². The van der Waals surface area contributed by atoms with Crippen LogP contribution in [0.1, 0.15) is 51.9 Å². The lowest BCUT2D eigenvalue weighted by molar-refractivity contribution is 0.0337. The topological polar surface area (TPSA) is 9.23 Å². The van der Waals surface area contributed by atoms with Crippen molar-refractivity contribution in [3.63, 3.8) is 0 Å². The van der Waals surface area contributed by atoms with Gasteiger partial charge in [-0.2, -0.15) is 0 Å². The average Bonchev–Trinajstić information content (AvgIpc) is 2.26. The molecule has 0 heterocycles. The van der Waals surface area contributed by atoms with E-state index in [4.69, 9.17) is 4.74 Å². The highest BCUT2D eigenvalue weighted by Gasteiger charge is 2.30. The van der Waals surface area contributed by atoms with Crippen LogP contribution < -0.4 is 0 Å². The van der Waals surface area contributed by atoms with Crippen LogP contribution in [0, 0.1) is 5.41 Å². The Bertz CT molecular complexity index is 141. The van der Waals surface area contributed by atoms with Gasteiger partial charge in [0.2, 0.25) is 0 Å². The van der Waals surface area contributed by atoms with Crippen LogP contribution in [0.2, 0.25) is 0 Å². The zero-order chi connectivity index (χ0) is 10.3. The third kappa shape index (κ3) is 3.90. The molecule has 0 aliphatic heterocycles. The van der Waals surface area contributed by atoms with E-state index in [1.54, 1.807) is 0 Å². The molecule has 1 rings (SSSR count). The van der Waals surface area contributed by atoms with Crippen molar-refractivity contribution in [2.24, 2.45) is 5.41 Å². The molecular weight excluding hydrogens is 240 g/mol. The second-order valence-corrected chi connectivity index (χ2v) is 5.16. The van der Waals surface area contributed by atoms with Crippen LogP contribution in [-0.4, -0.2) is 18.5 Å². The Morgan fingerprint density at radius 1 is 1.21 bits per heavy atom. The third-order valence-electron chi connectivity index (χ3n) is 3.25. The molecule has 1 saturated carbocycles. The second kappa shape index (κ2) is 6.84. The summed E-state index contributed by atoms with van der Waals surface area (Å²) < 4.78 is 5.78. The monoisotopic (exact) mass is 262 g/mol. The van der Waals surface area contributed by atoms with Crippen molar-refractivity contribution >= 4 is 15.9 Å². The first-order valence-corrected chi connectivity index (χ1v) is 7.09. The second-order valence-electron chi connectivity index (χ2n) is 4.60. The molecule has 0 amide bonds. The van der Waals surface area contributed by atoms with Gasteiger partial charge in [0.05, 0.1) is 6.61 Å². The summed E-state index contributed by atoms with van der Waals surface area (Å²) in [7, 11) is 0. The van der Waals surface area contributed by atoms with E-state index in [2.05, 4.69) is 22.9 Å². The predicted octanol–water partition coefficient (Wildman–Crippen LogP) is 4.15. The number of alkyl halides is 1. The van der Waals surface area contributed by atoms with Crippen molar-refractivity contribution in [2.75, 3.05) is 18.5 Å². The van der Waals surface area contributed by atoms with Gasteiger partial charge in [0.15, 0.2) is 0 Å². The lowest BCUT2D eigenvalue weighted by atomic mass is 9.76. The molecule has 0 aromatic carbocycles. The van der Waals surface area contributed by atoms with Crippen LogP contribution in [0.4, 0.5) is 0 Å². The first-order chi connectivity index (χ1) is 6.83. The number of ether oxygens (including phenoxy) is 1. The van der Waals surface area contributed by atoms with Gasteiger partial charge >= 0.3 is 0 Å². The fourth-order valence-corrected chi connectivity index (χ4v) is 2.88. The van der Waals surface area contributed by atoms with Crippen molar-refractivity contribution in [1.82, 2.24) is 0 Å². The summed E-state index contributed by atoms with van der Waals surface area (Å²) in [5.41, 5.74) is 0.464. The molecule has 14 heavy (non-hydrogen) atoms. The van der Waals surface area contributed by atoms with Crippen LogP contribution >= 0.6 is 15.9 Å². The van der Waals surface area contributed by atoms with Gasteiger partial charge in [0.25, 0.3) is 0 Å². The zero-order valence-electron chi connectivity index (χ0n) is 9.36. The number of hydrogen-bond donors (Lipinski definition) is 0. The Labute approximate surface area is 96.7 Å². The van der Waals surface area contributed by atoms with Gasteiger partial charge in [0.1, 0.15) is 0 Å². The summed E-state index contributed by atoms with van der Waals surface area (Å²) in [6.45, 7) is 4.13. The largest absolute Gasteiger partial charge is 0.381 e. The van der Waals surface area contributed by atoms with Gasteiger partial charge in [-0.1, -0.05) is 48.5 Å². The lowest BCUT2D eigenvalue weighted by Gasteiger charge is -2.35. The fraction of sp³-hybridized carbons (Fsp3) is 1.00. The molecular formula is C12H23BrO. The molecule has 1 aliphatic rings. The summed E-state index contributed by atoms with van der Waals surface area (Å²) in [6, 6.07) is 0. The number of rotatable bonds is 6. The molecule has 84 valence electrons. The number of hydrogen-bond acceptors (Lipinski definition) is 1. The Morgan fingerprint density at radius 2 is 1.93 bits per heavy atom. The Balaban J connectivity index is 2.22. The molecule has 0 atom stereocenters. The molecule has 1 fully saturated rings. The van der Waals surface area contributed by atoms with Gasteiger partial charge in [0, 0.05) is 17.4 Å². The molecule has 0 saturated heterocycles. The van der Waals surface area contributed by atoms with E-state index >= 15 is 0 Å². The van der Waals surface area contributed by atoms with Crippen molar-refractivity contribution in [3.05, 3.63) is 0 Å². The maximum Gasteiger partial charge on any atom is 0.0530 e. The molecule has 1 aliphatic carbocycles. The fourth-order valence-electron chi connectivity index (χ4n) is 2.15. The van der Waals surface area contributed by atoms with Crippen molar-refractivity contribution in [1.29, 1.82) is 0 Å². The summed E-state index contributed by atoms with van der Waals surface area (Å²) >= 11 is 3.66. The SMILES string of the molecule is CCCCOCC1(CBr)CCCCC1. The van der Waals surface area contributed by atoms with Gasteiger partial charge < -0.3 is 4.74 Å². The summed E-state index contributed by atoms with van der Waals surface area (Å²) in [5, 5.41) is 1.12. The smallest absolute Gasteiger partial charge is 0.0530 e. The maximum atomic E-state index is 5.78. The van der Waals surface area contributed by atoms with Crippen LogP contribution in [-0.2, 0) is 4.74 Å². The number of halogens is 1. The van der Waals surface area contributed by atoms with Gasteiger partial charge in [-0.3, -0.25) is 0 Å². The molecule has 0 aromatic rings.